The second-order valence-corrected chi connectivity index (χ2v) is 2.78. The van der Waals surface area contributed by atoms with Crippen LogP contribution in [0, 0.1) is 0 Å². The summed E-state index contributed by atoms with van der Waals surface area (Å²) in [6, 6.07) is 0. The highest BCUT2D eigenvalue weighted by molar-refractivity contribution is 5.30. The van der Waals surface area contributed by atoms with Crippen LogP contribution in [-0.2, 0) is 13.6 Å². The third-order valence-corrected chi connectivity index (χ3v) is 1.68. The summed E-state index contributed by atoms with van der Waals surface area (Å²) in [5.74, 6) is 0. The van der Waals surface area contributed by atoms with Gasteiger partial charge in [0.1, 0.15) is 5.69 Å². The van der Waals surface area contributed by atoms with Crippen LogP contribution in [-0.4, -0.2) is 15.6 Å². The molecule has 1 aromatic rings. The third-order valence-electron chi connectivity index (χ3n) is 1.68. The van der Waals surface area contributed by atoms with E-state index in [0.29, 0.717) is 4.57 Å². The van der Waals surface area contributed by atoms with Crippen LogP contribution >= 0.6 is 0 Å². The van der Waals surface area contributed by atoms with Crippen molar-refractivity contribution in [3.05, 3.63) is 27.0 Å². The number of aromatic nitrogens is 2. The van der Waals surface area contributed by atoms with Gasteiger partial charge in [0.25, 0.3) is 12.0 Å². The minimum Gasteiger partial charge on any atom is -0.393 e. The summed E-state index contributed by atoms with van der Waals surface area (Å²) in [7, 11) is 1.33. The highest BCUT2D eigenvalue weighted by Crippen LogP contribution is 1.94. The zero-order valence-electron chi connectivity index (χ0n) is 7.41. The van der Waals surface area contributed by atoms with Gasteiger partial charge in [-0.3, -0.25) is 9.36 Å². The average Bonchev–Trinajstić information content (AvgIpc) is 2.09. The third kappa shape index (κ3) is 1.81. The number of nitrogens with zero attached hydrogens (tertiary/aromatic N) is 2. The summed E-state index contributed by atoms with van der Waals surface area (Å²) in [5.41, 5.74) is 3.32. The van der Waals surface area contributed by atoms with Crippen molar-refractivity contribution < 1.29 is 8.78 Å². The molecule has 0 aliphatic carbocycles. The summed E-state index contributed by atoms with van der Waals surface area (Å²) in [5, 5.41) is 0. The lowest BCUT2D eigenvalue weighted by atomic mass is 10.5. The van der Waals surface area contributed by atoms with Gasteiger partial charge in [-0.05, 0) is 0 Å². The van der Waals surface area contributed by atoms with Crippen LogP contribution < -0.4 is 17.0 Å². The van der Waals surface area contributed by atoms with Gasteiger partial charge in [-0.15, -0.1) is 0 Å². The minimum atomic E-state index is -2.76. The molecule has 78 valence electrons. The van der Waals surface area contributed by atoms with Gasteiger partial charge < -0.3 is 10.3 Å². The van der Waals surface area contributed by atoms with Crippen molar-refractivity contribution >= 4 is 5.69 Å². The SMILES string of the molecule is Cn1cc(N)c(=O)n(CC(F)F)c1=O. The summed E-state index contributed by atoms with van der Waals surface area (Å²) in [6.45, 7) is -0.934. The molecule has 0 aliphatic rings. The fourth-order valence-corrected chi connectivity index (χ4v) is 1.05. The molecule has 0 fully saturated rings. The van der Waals surface area contributed by atoms with E-state index < -0.39 is 24.2 Å². The molecular weight excluding hydrogens is 196 g/mol. The van der Waals surface area contributed by atoms with Gasteiger partial charge in [-0.2, -0.15) is 0 Å². The quantitative estimate of drug-likeness (QED) is 0.700. The van der Waals surface area contributed by atoms with Gasteiger partial charge in [-0.25, -0.2) is 13.6 Å². The molecule has 5 nitrogen and oxygen atoms in total. The summed E-state index contributed by atoms with van der Waals surface area (Å²) in [6.07, 6.45) is -1.66. The molecule has 1 aromatic heterocycles. The Balaban J connectivity index is 3.40. The molecule has 0 aliphatic heterocycles. The molecule has 0 aromatic carbocycles. The summed E-state index contributed by atoms with van der Waals surface area (Å²) >= 11 is 0. The molecule has 0 bridgehead atoms. The number of nitrogens with two attached hydrogens (primary N) is 1. The number of aryl methyl sites for hydroxylation is 1. The molecule has 0 spiro atoms. The number of halogens is 2. The van der Waals surface area contributed by atoms with E-state index in [1.807, 2.05) is 0 Å². The Kier molecular flexibility index (Phi) is 2.68. The van der Waals surface area contributed by atoms with Crippen LogP contribution in [0.15, 0.2) is 15.8 Å². The minimum absolute atomic E-state index is 0.229. The predicted molar refractivity (Wildman–Crippen MR) is 46.4 cm³/mol. The Labute approximate surface area is 77.4 Å². The van der Waals surface area contributed by atoms with Crippen molar-refractivity contribution in [2.45, 2.75) is 13.0 Å². The molecule has 1 heterocycles. The first-order chi connectivity index (χ1) is 6.43. The fourth-order valence-electron chi connectivity index (χ4n) is 1.05. The van der Waals surface area contributed by atoms with Gasteiger partial charge in [-0.1, -0.05) is 0 Å². The van der Waals surface area contributed by atoms with Gasteiger partial charge in [0.05, 0.1) is 6.54 Å². The van der Waals surface area contributed by atoms with E-state index in [-0.39, 0.29) is 5.69 Å². The maximum absolute atomic E-state index is 12.0. The summed E-state index contributed by atoms with van der Waals surface area (Å²) in [4.78, 5) is 22.4. The molecule has 7 heteroatoms. The molecule has 14 heavy (non-hydrogen) atoms. The normalized spacial score (nSPS) is 10.9. The van der Waals surface area contributed by atoms with Crippen molar-refractivity contribution in [2.24, 2.45) is 7.05 Å². The maximum atomic E-state index is 12.0. The number of hydrogen-bond acceptors (Lipinski definition) is 3. The Morgan fingerprint density at radius 3 is 2.57 bits per heavy atom. The Hall–Kier alpha value is -1.66. The van der Waals surface area contributed by atoms with Crippen molar-refractivity contribution in [2.75, 3.05) is 5.73 Å². The highest BCUT2D eigenvalue weighted by Gasteiger charge is 2.11. The van der Waals surface area contributed by atoms with Crippen LogP contribution in [0.3, 0.4) is 0 Å². The van der Waals surface area contributed by atoms with Crippen LogP contribution in [0.25, 0.3) is 0 Å². The first-order valence-electron chi connectivity index (χ1n) is 3.77. The standard InChI is InChI=1S/C7H9F2N3O2/c1-11-2-4(10)6(13)12(7(11)14)3-5(8)9/h2,5H,3,10H2,1H3. The zero-order valence-corrected chi connectivity index (χ0v) is 7.41. The maximum Gasteiger partial charge on any atom is 0.331 e. The lowest BCUT2D eigenvalue weighted by Gasteiger charge is -2.06. The molecular formula is C7H9F2N3O2. The van der Waals surface area contributed by atoms with Crippen LogP contribution in [0.2, 0.25) is 0 Å². The topological polar surface area (TPSA) is 70.0 Å². The molecule has 1 rings (SSSR count). The van der Waals surface area contributed by atoms with Crippen LogP contribution in [0.1, 0.15) is 0 Å². The predicted octanol–water partition coefficient (Wildman–Crippen LogP) is -0.606. The molecule has 0 saturated heterocycles. The second-order valence-electron chi connectivity index (χ2n) is 2.78. The molecule has 0 unspecified atom stereocenters. The van der Waals surface area contributed by atoms with E-state index in [4.69, 9.17) is 5.73 Å². The molecule has 0 atom stereocenters. The van der Waals surface area contributed by atoms with Crippen LogP contribution in [0.5, 0.6) is 0 Å². The zero-order chi connectivity index (χ0) is 10.9. The van der Waals surface area contributed by atoms with E-state index in [0.717, 1.165) is 10.8 Å². The number of hydrogen-bond donors (Lipinski definition) is 1. The van der Waals surface area contributed by atoms with Gasteiger partial charge in [0.2, 0.25) is 0 Å². The monoisotopic (exact) mass is 205 g/mol. The van der Waals surface area contributed by atoms with E-state index >= 15 is 0 Å². The van der Waals surface area contributed by atoms with Gasteiger partial charge in [0.15, 0.2) is 0 Å². The lowest BCUT2D eigenvalue weighted by Crippen LogP contribution is -2.41. The molecule has 0 radical (unpaired) electrons. The fraction of sp³-hybridized carbons (Fsp3) is 0.429. The smallest absolute Gasteiger partial charge is 0.331 e. The largest absolute Gasteiger partial charge is 0.393 e. The van der Waals surface area contributed by atoms with E-state index in [2.05, 4.69) is 0 Å². The highest BCUT2D eigenvalue weighted by atomic mass is 19.3. The number of alkyl halides is 2. The van der Waals surface area contributed by atoms with Crippen molar-refractivity contribution in [3.8, 4) is 0 Å². The van der Waals surface area contributed by atoms with Crippen molar-refractivity contribution in [1.29, 1.82) is 0 Å². The van der Waals surface area contributed by atoms with Crippen LogP contribution in [0.4, 0.5) is 14.5 Å². The van der Waals surface area contributed by atoms with E-state index in [9.17, 15) is 18.4 Å². The Bertz CT molecular complexity index is 415. The molecule has 0 amide bonds. The number of nitrogen functional groups attached to an aromatic ring is 1. The van der Waals surface area contributed by atoms with Crippen molar-refractivity contribution in [1.82, 2.24) is 9.13 Å². The molecule has 0 saturated carbocycles. The van der Waals surface area contributed by atoms with E-state index in [1.54, 1.807) is 0 Å². The first-order valence-corrected chi connectivity index (χ1v) is 3.77. The second kappa shape index (κ2) is 3.60. The van der Waals surface area contributed by atoms with Crippen molar-refractivity contribution in [3.63, 3.8) is 0 Å². The van der Waals surface area contributed by atoms with Gasteiger partial charge >= 0.3 is 5.69 Å². The van der Waals surface area contributed by atoms with E-state index in [1.165, 1.54) is 7.05 Å². The Morgan fingerprint density at radius 2 is 2.07 bits per heavy atom. The van der Waals surface area contributed by atoms with Gasteiger partial charge in [0, 0.05) is 13.2 Å². The number of anilines is 1. The Morgan fingerprint density at radius 1 is 1.50 bits per heavy atom. The first kappa shape index (κ1) is 10.4. The average molecular weight is 205 g/mol. The summed E-state index contributed by atoms with van der Waals surface area (Å²) < 4.78 is 25.4. The lowest BCUT2D eigenvalue weighted by molar-refractivity contribution is 0.123. The number of rotatable bonds is 2. The molecule has 2 N–H and O–H groups in total.